The number of benzene rings is 2. The molecule has 2 aromatic carbocycles. The molecule has 9 heteroatoms. The topological polar surface area (TPSA) is 88.9 Å². The second kappa shape index (κ2) is 10.5. The maximum Gasteiger partial charge on any atom is 0.234 e. The molecule has 1 heterocycles. The molecule has 1 amide bonds. The van der Waals surface area contributed by atoms with Gasteiger partial charge >= 0.3 is 0 Å². The Morgan fingerprint density at radius 2 is 1.94 bits per heavy atom. The largest absolute Gasteiger partial charge is 0.378 e. The number of carbonyl (C=O) groups is 2. The minimum atomic E-state index is -0.176. The summed E-state index contributed by atoms with van der Waals surface area (Å²) in [4.78, 5) is 23.8. The summed E-state index contributed by atoms with van der Waals surface area (Å²) in [5, 5.41) is 16.0. The summed E-state index contributed by atoms with van der Waals surface area (Å²) >= 11 is 7.50. The van der Waals surface area contributed by atoms with E-state index < -0.39 is 0 Å². The fraction of sp³-hybridized carbons (Fsp3) is 0.273. The summed E-state index contributed by atoms with van der Waals surface area (Å²) in [6.07, 6.45) is 0. The highest BCUT2D eigenvalue weighted by Crippen LogP contribution is 2.22. The van der Waals surface area contributed by atoms with Gasteiger partial charge in [-0.05, 0) is 50.6 Å². The van der Waals surface area contributed by atoms with Gasteiger partial charge in [-0.3, -0.25) is 9.59 Å². The minimum absolute atomic E-state index is 0.0458. The van der Waals surface area contributed by atoms with Crippen LogP contribution in [0.4, 0.5) is 11.4 Å². The third-order valence-corrected chi connectivity index (χ3v) is 5.99. The molecule has 0 atom stereocenters. The van der Waals surface area contributed by atoms with Gasteiger partial charge in [0.05, 0.1) is 12.3 Å². The van der Waals surface area contributed by atoms with E-state index >= 15 is 0 Å². The van der Waals surface area contributed by atoms with Gasteiger partial charge < -0.3 is 15.2 Å². The van der Waals surface area contributed by atoms with Gasteiger partial charge in [-0.1, -0.05) is 41.6 Å². The molecule has 1 aromatic heterocycles. The van der Waals surface area contributed by atoms with Crippen LogP contribution in [0.5, 0.6) is 0 Å². The predicted molar refractivity (Wildman–Crippen MR) is 125 cm³/mol. The molecule has 2 N–H and O–H groups in total. The first-order chi connectivity index (χ1) is 14.9. The number of Topliss-reactive ketones (excluding diaryl/α,β-unsaturated/α-hetero) is 1. The van der Waals surface area contributed by atoms with Crippen LogP contribution in [-0.2, 0) is 17.9 Å². The maximum absolute atomic E-state index is 12.3. The van der Waals surface area contributed by atoms with E-state index in [2.05, 4.69) is 20.8 Å². The van der Waals surface area contributed by atoms with Crippen LogP contribution in [0.25, 0.3) is 0 Å². The van der Waals surface area contributed by atoms with Crippen molar-refractivity contribution in [3.63, 3.8) is 0 Å². The lowest BCUT2D eigenvalue weighted by molar-refractivity contribution is -0.113. The van der Waals surface area contributed by atoms with Crippen molar-refractivity contribution in [2.75, 3.05) is 16.4 Å². The lowest BCUT2D eigenvalue weighted by atomic mass is 10.1. The molecule has 0 saturated heterocycles. The van der Waals surface area contributed by atoms with E-state index in [-0.39, 0.29) is 17.4 Å². The molecule has 0 radical (unpaired) electrons. The van der Waals surface area contributed by atoms with Crippen LogP contribution in [0.15, 0.2) is 47.6 Å². The number of halogens is 1. The second-order valence-corrected chi connectivity index (χ2v) is 8.28. The van der Waals surface area contributed by atoms with Crippen LogP contribution in [0, 0.1) is 6.92 Å². The molecule has 7 nitrogen and oxygen atoms in total. The highest BCUT2D eigenvalue weighted by molar-refractivity contribution is 7.99. The van der Waals surface area contributed by atoms with Crippen LogP contribution < -0.4 is 10.6 Å². The van der Waals surface area contributed by atoms with Gasteiger partial charge in [0.1, 0.15) is 0 Å². The molecule has 0 bridgehead atoms. The van der Waals surface area contributed by atoms with Crippen molar-refractivity contribution >= 4 is 46.4 Å². The zero-order chi connectivity index (χ0) is 22.4. The molecule has 0 unspecified atom stereocenters. The molecule has 0 saturated carbocycles. The molecule has 0 spiro atoms. The average Bonchev–Trinajstić information content (AvgIpc) is 3.15. The molecule has 0 aliphatic carbocycles. The smallest absolute Gasteiger partial charge is 0.234 e. The van der Waals surface area contributed by atoms with E-state index in [1.807, 2.05) is 36.6 Å². The second-order valence-electron chi connectivity index (χ2n) is 6.93. The van der Waals surface area contributed by atoms with Gasteiger partial charge in [-0.15, -0.1) is 10.2 Å². The Kier molecular flexibility index (Phi) is 7.70. The minimum Gasteiger partial charge on any atom is -0.378 e. The molecule has 31 heavy (non-hydrogen) atoms. The number of thioether (sulfide) groups is 1. The van der Waals surface area contributed by atoms with Gasteiger partial charge in [-0.2, -0.15) is 0 Å². The van der Waals surface area contributed by atoms with Gasteiger partial charge in [0, 0.05) is 28.5 Å². The Morgan fingerprint density at radius 1 is 1.13 bits per heavy atom. The number of amides is 1. The molecule has 0 aliphatic heterocycles. The monoisotopic (exact) mass is 457 g/mol. The number of nitrogens with one attached hydrogen (secondary N) is 2. The summed E-state index contributed by atoms with van der Waals surface area (Å²) in [5.74, 6) is 0.737. The molecular weight excluding hydrogens is 434 g/mol. The van der Waals surface area contributed by atoms with E-state index in [1.54, 1.807) is 24.3 Å². The summed E-state index contributed by atoms with van der Waals surface area (Å²) in [6.45, 7) is 6.63. The summed E-state index contributed by atoms with van der Waals surface area (Å²) in [6, 6.07) is 12.7. The Morgan fingerprint density at radius 3 is 2.65 bits per heavy atom. The van der Waals surface area contributed by atoms with Crippen LogP contribution in [0.2, 0.25) is 5.02 Å². The highest BCUT2D eigenvalue weighted by Gasteiger charge is 2.14. The van der Waals surface area contributed by atoms with Gasteiger partial charge in [0.2, 0.25) is 5.91 Å². The number of aryl methyl sites for hydroxylation is 1. The average molecular weight is 458 g/mol. The number of rotatable bonds is 9. The Labute approximate surface area is 190 Å². The molecule has 3 rings (SSSR count). The number of aromatic nitrogens is 3. The summed E-state index contributed by atoms with van der Waals surface area (Å²) < 4.78 is 1.97. The van der Waals surface area contributed by atoms with E-state index in [0.29, 0.717) is 34.5 Å². The fourth-order valence-electron chi connectivity index (χ4n) is 2.90. The van der Waals surface area contributed by atoms with Crippen LogP contribution in [-0.4, -0.2) is 32.2 Å². The van der Waals surface area contributed by atoms with Crippen molar-refractivity contribution in [1.82, 2.24) is 14.8 Å². The normalized spacial score (nSPS) is 10.7. The Balaban J connectivity index is 1.58. The first-order valence-electron chi connectivity index (χ1n) is 9.83. The zero-order valence-corrected chi connectivity index (χ0v) is 19.2. The molecule has 162 valence electrons. The molecule has 0 aliphatic rings. The number of hydrogen-bond acceptors (Lipinski definition) is 6. The fourth-order valence-corrected chi connectivity index (χ4v) is 3.90. The lowest BCUT2D eigenvalue weighted by Crippen LogP contribution is -2.15. The lowest BCUT2D eigenvalue weighted by Gasteiger charge is -2.10. The Hall–Kier alpha value is -2.84. The number of carbonyl (C=O) groups excluding carboxylic acids is 2. The van der Waals surface area contributed by atoms with Gasteiger partial charge in [0.15, 0.2) is 16.8 Å². The van der Waals surface area contributed by atoms with Crippen molar-refractivity contribution in [2.24, 2.45) is 0 Å². The van der Waals surface area contributed by atoms with E-state index in [4.69, 9.17) is 11.6 Å². The number of anilines is 2. The SMILES string of the molecule is CCn1c(CNc2ccc(C)c(Cl)c2)nnc1SCC(=O)Nc1cccc(C(C)=O)c1. The van der Waals surface area contributed by atoms with Crippen molar-refractivity contribution in [3.8, 4) is 0 Å². The third kappa shape index (κ3) is 6.08. The Bertz CT molecular complexity index is 1100. The zero-order valence-electron chi connectivity index (χ0n) is 17.6. The molecular formula is C22H24ClN5O2S. The van der Waals surface area contributed by atoms with E-state index in [0.717, 1.165) is 17.1 Å². The number of nitrogens with zero attached hydrogens (tertiary/aromatic N) is 3. The van der Waals surface area contributed by atoms with E-state index in [1.165, 1.54) is 18.7 Å². The maximum atomic E-state index is 12.3. The van der Waals surface area contributed by atoms with Crippen molar-refractivity contribution in [3.05, 3.63) is 64.4 Å². The third-order valence-electron chi connectivity index (χ3n) is 4.62. The van der Waals surface area contributed by atoms with Crippen molar-refractivity contribution < 1.29 is 9.59 Å². The summed E-state index contributed by atoms with van der Waals surface area (Å²) in [5.41, 5.74) is 3.08. The van der Waals surface area contributed by atoms with Crippen LogP contribution in [0.3, 0.4) is 0 Å². The van der Waals surface area contributed by atoms with E-state index in [9.17, 15) is 9.59 Å². The van der Waals surface area contributed by atoms with Crippen molar-refractivity contribution in [1.29, 1.82) is 0 Å². The van der Waals surface area contributed by atoms with Crippen LogP contribution in [0.1, 0.15) is 35.6 Å². The highest BCUT2D eigenvalue weighted by atomic mass is 35.5. The standard InChI is InChI=1S/C22H24ClN5O2S/c1-4-28-20(12-24-17-9-8-14(2)19(23)11-17)26-27-22(28)31-13-21(30)25-18-7-5-6-16(10-18)15(3)29/h5-11,24H,4,12-13H2,1-3H3,(H,25,30). The van der Waals surface area contributed by atoms with Gasteiger partial charge in [0.25, 0.3) is 0 Å². The first-order valence-corrected chi connectivity index (χ1v) is 11.2. The first kappa shape index (κ1) is 22.8. The van der Waals surface area contributed by atoms with Crippen molar-refractivity contribution in [2.45, 2.75) is 39.0 Å². The van der Waals surface area contributed by atoms with Crippen LogP contribution >= 0.6 is 23.4 Å². The molecule has 0 fully saturated rings. The predicted octanol–water partition coefficient (Wildman–Crippen LogP) is 4.81. The number of hydrogen-bond donors (Lipinski definition) is 2. The number of ketones is 1. The quantitative estimate of drug-likeness (QED) is 0.354. The molecule has 3 aromatic rings. The summed E-state index contributed by atoms with van der Waals surface area (Å²) in [7, 11) is 0. The van der Waals surface area contributed by atoms with Gasteiger partial charge in [-0.25, -0.2) is 0 Å².